The van der Waals surface area contributed by atoms with Gasteiger partial charge in [-0.1, -0.05) is 67.3 Å². The van der Waals surface area contributed by atoms with Gasteiger partial charge < -0.3 is 4.57 Å². The predicted molar refractivity (Wildman–Crippen MR) is 129 cm³/mol. The summed E-state index contributed by atoms with van der Waals surface area (Å²) >= 11 is 0. The monoisotopic (exact) mass is 424 g/mol. The van der Waals surface area contributed by atoms with E-state index in [0.717, 1.165) is 29.5 Å². The summed E-state index contributed by atoms with van der Waals surface area (Å²) < 4.78 is 1.91. The van der Waals surface area contributed by atoms with Crippen LogP contribution < -0.4 is 11.2 Å². The van der Waals surface area contributed by atoms with E-state index in [-0.39, 0.29) is 5.69 Å². The van der Waals surface area contributed by atoms with Crippen LogP contribution in [-0.2, 0) is 13.0 Å². The van der Waals surface area contributed by atoms with Crippen LogP contribution in [0.15, 0.2) is 83.4 Å². The second-order valence-electron chi connectivity index (χ2n) is 7.66. The number of hydrogen-bond acceptors (Lipinski definition) is 4. The van der Waals surface area contributed by atoms with Crippen LogP contribution in [0.3, 0.4) is 0 Å². The van der Waals surface area contributed by atoms with Crippen LogP contribution in [0.25, 0.3) is 28.1 Å². The third-order valence-corrected chi connectivity index (χ3v) is 5.43. The van der Waals surface area contributed by atoms with Crippen molar-refractivity contribution in [1.82, 2.24) is 19.5 Å². The van der Waals surface area contributed by atoms with E-state index < -0.39 is 11.2 Å². The van der Waals surface area contributed by atoms with Gasteiger partial charge in [0.15, 0.2) is 11.5 Å². The SMILES string of the molecule is C=CC=C(C=C)c1ccc2c(c1)nc1c(=O)[nH]c(=O)nc-1n2CCCc1ccc(C)cc1. The van der Waals surface area contributed by atoms with Gasteiger partial charge >= 0.3 is 5.69 Å². The molecule has 6 heteroatoms. The summed E-state index contributed by atoms with van der Waals surface area (Å²) in [7, 11) is 0. The van der Waals surface area contributed by atoms with Gasteiger partial charge in [0.25, 0.3) is 5.56 Å². The first-order valence-corrected chi connectivity index (χ1v) is 10.5. The van der Waals surface area contributed by atoms with Crippen LogP contribution in [0.5, 0.6) is 0 Å². The van der Waals surface area contributed by atoms with E-state index in [1.165, 1.54) is 11.1 Å². The number of aromatic amines is 1. The lowest BCUT2D eigenvalue weighted by atomic mass is 10.0. The van der Waals surface area contributed by atoms with Gasteiger partial charge in [-0.05, 0) is 48.6 Å². The minimum absolute atomic E-state index is 0.150. The highest BCUT2D eigenvalue weighted by Gasteiger charge is 2.19. The number of H-pyrrole nitrogens is 1. The molecule has 0 atom stereocenters. The van der Waals surface area contributed by atoms with Crippen molar-refractivity contribution in [3.63, 3.8) is 0 Å². The molecule has 0 aromatic heterocycles. The van der Waals surface area contributed by atoms with Crippen molar-refractivity contribution in [1.29, 1.82) is 0 Å². The summed E-state index contributed by atoms with van der Waals surface area (Å²) in [5.41, 5.74) is 4.67. The van der Waals surface area contributed by atoms with Gasteiger partial charge in [0.1, 0.15) is 0 Å². The van der Waals surface area contributed by atoms with Crippen molar-refractivity contribution in [2.24, 2.45) is 0 Å². The van der Waals surface area contributed by atoms with Crippen molar-refractivity contribution in [3.8, 4) is 11.5 Å². The highest BCUT2D eigenvalue weighted by atomic mass is 16.2. The molecular formula is C26H24N4O2. The Hall–Kier alpha value is -4.06. The molecule has 2 aliphatic heterocycles. The molecule has 0 bridgehead atoms. The summed E-state index contributed by atoms with van der Waals surface area (Å²) in [6.07, 6.45) is 7.00. The topological polar surface area (TPSA) is 80.6 Å². The minimum atomic E-state index is -0.671. The molecule has 6 nitrogen and oxygen atoms in total. The number of hydrogen-bond donors (Lipinski definition) is 1. The van der Waals surface area contributed by atoms with Gasteiger partial charge in [-0.25, -0.2) is 9.78 Å². The molecule has 2 heterocycles. The Bertz CT molecular complexity index is 1430. The third kappa shape index (κ3) is 4.21. The first-order chi connectivity index (χ1) is 15.5. The maximum absolute atomic E-state index is 12.5. The summed E-state index contributed by atoms with van der Waals surface area (Å²) in [5.74, 6) is 0.300. The van der Waals surface area contributed by atoms with Gasteiger partial charge in [-0.3, -0.25) is 9.78 Å². The van der Waals surface area contributed by atoms with E-state index in [1.54, 1.807) is 12.2 Å². The van der Waals surface area contributed by atoms with Crippen LogP contribution in [0.2, 0.25) is 0 Å². The Morgan fingerprint density at radius 2 is 1.88 bits per heavy atom. The van der Waals surface area contributed by atoms with E-state index in [4.69, 9.17) is 0 Å². The van der Waals surface area contributed by atoms with Crippen LogP contribution >= 0.6 is 0 Å². The largest absolute Gasteiger partial charge is 0.349 e. The Morgan fingerprint density at radius 3 is 2.59 bits per heavy atom. The van der Waals surface area contributed by atoms with Crippen molar-refractivity contribution in [3.05, 3.63) is 111 Å². The number of aromatic nitrogens is 4. The molecule has 2 aromatic carbocycles. The molecule has 1 N–H and O–H groups in total. The molecule has 0 fully saturated rings. The summed E-state index contributed by atoms with van der Waals surface area (Å²) in [5, 5.41) is 0. The zero-order valence-electron chi connectivity index (χ0n) is 18.0. The molecule has 0 saturated carbocycles. The fraction of sp³-hybridized carbons (Fsp3) is 0.154. The predicted octanol–water partition coefficient (Wildman–Crippen LogP) is 4.28. The van der Waals surface area contributed by atoms with Gasteiger partial charge in [-0.15, -0.1) is 0 Å². The first kappa shape index (κ1) is 21.2. The molecule has 0 radical (unpaired) electrons. The molecule has 2 aromatic rings. The van der Waals surface area contributed by atoms with Crippen LogP contribution in [0, 0.1) is 6.92 Å². The molecule has 160 valence electrons. The number of benzene rings is 2. The number of nitrogens with zero attached hydrogens (tertiary/aromatic N) is 3. The second-order valence-corrected chi connectivity index (χ2v) is 7.66. The van der Waals surface area contributed by atoms with E-state index in [2.05, 4.69) is 59.3 Å². The first-order valence-electron chi connectivity index (χ1n) is 10.5. The zero-order chi connectivity index (χ0) is 22.7. The van der Waals surface area contributed by atoms with Crippen LogP contribution in [0.1, 0.15) is 23.1 Å². The smallest absolute Gasteiger partial charge is 0.322 e. The minimum Gasteiger partial charge on any atom is -0.322 e. The second kappa shape index (κ2) is 8.98. The van der Waals surface area contributed by atoms with Gasteiger partial charge in [0, 0.05) is 6.54 Å². The highest BCUT2D eigenvalue weighted by Crippen LogP contribution is 2.25. The number of aryl methyl sites for hydroxylation is 3. The van der Waals surface area contributed by atoms with E-state index >= 15 is 0 Å². The van der Waals surface area contributed by atoms with Crippen molar-refractivity contribution < 1.29 is 0 Å². The van der Waals surface area contributed by atoms with Crippen molar-refractivity contribution in [2.75, 3.05) is 0 Å². The molecule has 4 rings (SSSR count). The van der Waals surface area contributed by atoms with Crippen molar-refractivity contribution in [2.45, 2.75) is 26.3 Å². The fourth-order valence-corrected chi connectivity index (χ4v) is 3.81. The molecule has 0 spiro atoms. The van der Waals surface area contributed by atoms with Crippen molar-refractivity contribution >= 4 is 16.6 Å². The summed E-state index contributed by atoms with van der Waals surface area (Å²) in [6, 6.07) is 14.3. The maximum Gasteiger partial charge on any atom is 0.349 e. The normalized spacial score (nSPS) is 11.7. The van der Waals surface area contributed by atoms with E-state index in [9.17, 15) is 9.59 Å². The van der Waals surface area contributed by atoms with Gasteiger partial charge in [-0.2, -0.15) is 4.98 Å². The van der Waals surface area contributed by atoms with E-state index in [1.807, 2.05) is 28.8 Å². The average Bonchev–Trinajstić information content (AvgIpc) is 2.78. The molecule has 0 unspecified atom stereocenters. The highest BCUT2D eigenvalue weighted by molar-refractivity contribution is 5.85. The molecule has 0 amide bonds. The molecule has 0 saturated heterocycles. The lowest BCUT2D eigenvalue weighted by Gasteiger charge is -2.17. The number of rotatable bonds is 7. The Morgan fingerprint density at radius 1 is 1.09 bits per heavy atom. The van der Waals surface area contributed by atoms with Crippen LogP contribution in [0.4, 0.5) is 0 Å². The molecule has 32 heavy (non-hydrogen) atoms. The Labute approximate surface area is 185 Å². The Kier molecular flexibility index (Phi) is 5.94. The molecule has 2 aliphatic rings. The lowest BCUT2D eigenvalue weighted by Crippen LogP contribution is -2.29. The number of allylic oxidation sites excluding steroid dienone is 4. The quantitative estimate of drug-likeness (QED) is 0.355. The maximum atomic E-state index is 12.5. The Balaban J connectivity index is 1.81. The van der Waals surface area contributed by atoms with Gasteiger partial charge in [0.2, 0.25) is 0 Å². The van der Waals surface area contributed by atoms with Gasteiger partial charge in [0.05, 0.1) is 11.0 Å². The summed E-state index contributed by atoms with van der Waals surface area (Å²) in [4.78, 5) is 35.3. The summed E-state index contributed by atoms with van der Waals surface area (Å²) in [6.45, 7) is 10.3. The third-order valence-electron chi connectivity index (χ3n) is 5.43. The fourth-order valence-electron chi connectivity index (χ4n) is 3.81. The lowest BCUT2D eigenvalue weighted by molar-refractivity contribution is 0.649. The van der Waals surface area contributed by atoms with Crippen LogP contribution in [-0.4, -0.2) is 19.5 Å². The number of nitrogens with one attached hydrogen (secondary N) is 1. The van der Waals surface area contributed by atoms with E-state index in [0.29, 0.717) is 17.9 Å². The average molecular weight is 425 g/mol. The standard InChI is InChI=1S/C26H24N4O2/c1-4-7-19(5-2)20-13-14-22-21(16-20)27-23-24(28-26(32)29-25(23)31)30(22)15-6-8-18-11-9-17(3)10-12-18/h4-5,7,9-14,16H,1-2,6,8,15H2,3H3,(H,29,31,32). The molecular weight excluding hydrogens is 400 g/mol. The molecule has 0 aliphatic carbocycles. The zero-order valence-corrected chi connectivity index (χ0v) is 18.0. The number of fused-ring (bicyclic) bond motifs is 2.